The molecule has 11 heteroatoms. The zero-order valence-corrected chi connectivity index (χ0v) is 15.8. The number of nitrogens with one attached hydrogen (secondary N) is 2. The van der Waals surface area contributed by atoms with Crippen LogP contribution >= 0.6 is 50.2 Å². The van der Waals surface area contributed by atoms with E-state index in [1.54, 1.807) is 18.2 Å². The molecule has 2 N–H and O–H groups in total. The van der Waals surface area contributed by atoms with E-state index in [1.807, 2.05) is 4.72 Å². The number of carbonyl (C=O) groups excluding carboxylic acids is 1. The lowest BCUT2D eigenvalue weighted by Gasteiger charge is -2.06. The molecule has 6 nitrogen and oxygen atoms in total. The van der Waals surface area contributed by atoms with Crippen LogP contribution in [0.1, 0.15) is 0 Å². The Bertz CT molecular complexity index is 999. The number of aromatic nitrogens is 1. The third-order valence-corrected chi connectivity index (χ3v) is 6.82. The maximum Gasteiger partial charge on any atom is 0.334 e. The van der Waals surface area contributed by atoms with Gasteiger partial charge in [0.2, 0.25) is 0 Å². The first-order valence-corrected chi connectivity index (χ1v) is 10.3. The summed E-state index contributed by atoms with van der Waals surface area (Å²) in [4.78, 5) is 15.8. The molecule has 0 unspecified atom stereocenters. The molecule has 0 radical (unpaired) electrons. The normalized spacial score (nSPS) is 11.6. The van der Waals surface area contributed by atoms with Crippen LogP contribution in [-0.4, -0.2) is 19.4 Å². The third kappa shape index (κ3) is 3.66. The van der Waals surface area contributed by atoms with Crippen LogP contribution in [0, 0.1) is 0 Å². The number of fused-ring (bicyclic) bond motifs is 1. The molecule has 3 aromatic rings. The van der Waals surface area contributed by atoms with Crippen molar-refractivity contribution in [3.05, 3.63) is 38.6 Å². The SMILES string of the molecule is O=C(Nc1ncc(Br)s1)NS(=O)(=O)c1csc2ccc(Cl)cc12. The second-order valence-electron chi connectivity index (χ2n) is 4.27. The van der Waals surface area contributed by atoms with Gasteiger partial charge >= 0.3 is 6.03 Å². The highest BCUT2D eigenvalue weighted by molar-refractivity contribution is 9.11. The molecule has 120 valence electrons. The molecule has 0 aliphatic rings. The van der Waals surface area contributed by atoms with Crippen molar-refractivity contribution in [2.45, 2.75) is 4.90 Å². The number of anilines is 1. The molecule has 0 saturated heterocycles. The molecule has 2 amide bonds. The van der Waals surface area contributed by atoms with Gasteiger partial charge in [0.25, 0.3) is 10.0 Å². The predicted octanol–water partition coefficient (Wildman–Crippen LogP) is 4.28. The minimum Gasteiger partial charge on any atom is -0.283 e. The van der Waals surface area contributed by atoms with E-state index < -0.39 is 16.1 Å². The summed E-state index contributed by atoms with van der Waals surface area (Å²) in [6, 6.07) is 4.08. The van der Waals surface area contributed by atoms with E-state index in [4.69, 9.17) is 11.6 Å². The Balaban J connectivity index is 1.85. The van der Waals surface area contributed by atoms with E-state index in [0.29, 0.717) is 14.2 Å². The highest BCUT2D eigenvalue weighted by Crippen LogP contribution is 2.31. The van der Waals surface area contributed by atoms with Gasteiger partial charge in [-0.2, -0.15) is 0 Å². The fourth-order valence-electron chi connectivity index (χ4n) is 1.80. The molecule has 0 fully saturated rings. The molecule has 1 aromatic carbocycles. The van der Waals surface area contributed by atoms with Crippen LogP contribution in [0.15, 0.2) is 38.5 Å². The molecule has 0 aliphatic heterocycles. The zero-order chi connectivity index (χ0) is 16.6. The Morgan fingerprint density at radius 3 is 2.83 bits per heavy atom. The molecule has 23 heavy (non-hydrogen) atoms. The van der Waals surface area contributed by atoms with Crippen LogP contribution in [0.25, 0.3) is 10.1 Å². The molecular formula is C12H7BrClN3O3S3. The number of amides is 2. The van der Waals surface area contributed by atoms with Crippen LogP contribution < -0.4 is 10.0 Å². The fourth-order valence-corrected chi connectivity index (χ4v) is 5.45. The van der Waals surface area contributed by atoms with Gasteiger partial charge in [0.1, 0.15) is 4.90 Å². The van der Waals surface area contributed by atoms with Crippen LogP contribution in [0.4, 0.5) is 9.93 Å². The molecule has 0 aliphatic carbocycles. The molecule has 2 heterocycles. The van der Waals surface area contributed by atoms with E-state index in [-0.39, 0.29) is 10.0 Å². The van der Waals surface area contributed by atoms with E-state index in [9.17, 15) is 13.2 Å². The quantitative estimate of drug-likeness (QED) is 0.620. The Hall–Kier alpha value is -1.20. The maximum absolute atomic E-state index is 12.4. The summed E-state index contributed by atoms with van der Waals surface area (Å²) in [7, 11) is -4.02. The summed E-state index contributed by atoms with van der Waals surface area (Å²) >= 11 is 11.5. The van der Waals surface area contributed by atoms with Gasteiger partial charge in [-0.25, -0.2) is 22.9 Å². The Kier molecular flexibility index (Phi) is 4.61. The van der Waals surface area contributed by atoms with E-state index in [2.05, 4.69) is 26.2 Å². The van der Waals surface area contributed by atoms with E-state index in [0.717, 1.165) is 4.70 Å². The Morgan fingerprint density at radius 2 is 2.13 bits per heavy atom. The van der Waals surface area contributed by atoms with Crippen molar-refractivity contribution in [3.8, 4) is 0 Å². The Morgan fingerprint density at radius 1 is 1.35 bits per heavy atom. The first-order valence-electron chi connectivity index (χ1n) is 5.97. The molecular weight excluding hydrogens is 446 g/mol. The largest absolute Gasteiger partial charge is 0.334 e. The van der Waals surface area contributed by atoms with Crippen molar-refractivity contribution in [2.24, 2.45) is 0 Å². The lowest BCUT2D eigenvalue weighted by Crippen LogP contribution is -2.34. The Labute approximate surface area is 152 Å². The van der Waals surface area contributed by atoms with Crippen LogP contribution in [0.2, 0.25) is 5.02 Å². The fraction of sp³-hybridized carbons (Fsp3) is 0. The van der Waals surface area contributed by atoms with Crippen molar-refractivity contribution in [2.75, 3.05) is 5.32 Å². The van der Waals surface area contributed by atoms with Gasteiger partial charge in [-0.15, -0.1) is 11.3 Å². The van der Waals surface area contributed by atoms with Crippen LogP contribution in [0.3, 0.4) is 0 Å². The number of thiazole rings is 1. The monoisotopic (exact) mass is 451 g/mol. The lowest BCUT2D eigenvalue weighted by molar-refractivity contribution is 0.256. The summed E-state index contributed by atoms with van der Waals surface area (Å²) < 4.78 is 28.2. The second-order valence-corrected chi connectivity index (χ2v) is 9.68. The number of carbonyl (C=O) groups is 1. The molecule has 0 bridgehead atoms. The highest BCUT2D eigenvalue weighted by atomic mass is 79.9. The van der Waals surface area contributed by atoms with Crippen molar-refractivity contribution in [3.63, 3.8) is 0 Å². The standard InChI is InChI=1S/C12H7BrClN3O3S3/c13-10-4-15-12(22-10)16-11(18)17-23(19,20)9-5-21-8-2-1-6(14)3-7(8)9/h1-5H,(H2,15,16,17,18). The summed E-state index contributed by atoms with van der Waals surface area (Å²) in [5.74, 6) is 0. The van der Waals surface area contributed by atoms with Crippen molar-refractivity contribution in [1.29, 1.82) is 0 Å². The number of nitrogens with zero attached hydrogens (tertiary/aromatic N) is 1. The number of rotatable bonds is 3. The van der Waals surface area contributed by atoms with E-state index >= 15 is 0 Å². The van der Waals surface area contributed by atoms with Gasteiger partial charge in [0.05, 0.1) is 9.98 Å². The summed E-state index contributed by atoms with van der Waals surface area (Å²) in [6.45, 7) is 0. The highest BCUT2D eigenvalue weighted by Gasteiger charge is 2.22. The summed E-state index contributed by atoms with van der Waals surface area (Å²) in [5.41, 5.74) is 0. The smallest absolute Gasteiger partial charge is 0.283 e. The molecule has 0 atom stereocenters. The van der Waals surface area contributed by atoms with Gasteiger partial charge < -0.3 is 0 Å². The number of halogens is 2. The molecule has 2 aromatic heterocycles. The van der Waals surface area contributed by atoms with Crippen LogP contribution in [-0.2, 0) is 10.0 Å². The number of thiophene rings is 1. The molecule has 0 spiro atoms. The van der Waals surface area contributed by atoms with Crippen molar-refractivity contribution >= 4 is 81.5 Å². The zero-order valence-electron chi connectivity index (χ0n) is 11.0. The second kappa shape index (κ2) is 6.36. The number of sulfonamides is 1. The maximum atomic E-state index is 12.4. The summed E-state index contributed by atoms with van der Waals surface area (Å²) in [5, 5.41) is 5.01. The van der Waals surface area contributed by atoms with Gasteiger partial charge in [0, 0.05) is 20.5 Å². The minimum atomic E-state index is -4.02. The molecule has 3 rings (SSSR count). The predicted molar refractivity (Wildman–Crippen MR) is 96.0 cm³/mol. The average Bonchev–Trinajstić information content (AvgIpc) is 3.04. The van der Waals surface area contributed by atoms with Gasteiger partial charge in [0.15, 0.2) is 5.13 Å². The van der Waals surface area contributed by atoms with Crippen LogP contribution in [0.5, 0.6) is 0 Å². The minimum absolute atomic E-state index is 0.00969. The van der Waals surface area contributed by atoms with Gasteiger partial charge in [-0.3, -0.25) is 5.32 Å². The van der Waals surface area contributed by atoms with E-state index in [1.165, 1.54) is 34.3 Å². The lowest BCUT2D eigenvalue weighted by atomic mass is 10.3. The van der Waals surface area contributed by atoms with Gasteiger partial charge in [-0.1, -0.05) is 22.9 Å². The first kappa shape index (κ1) is 16.7. The van der Waals surface area contributed by atoms with Crippen molar-refractivity contribution < 1.29 is 13.2 Å². The van der Waals surface area contributed by atoms with Crippen molar-refractivity contribution in [1.82, 2.24) is 9.71 Å². The molecule has 0 saturated carbocycles. The average molecular weight is 453 g/mol. The number of hydrogen-bond donors (Lipinski definition) is 2. The number of urea groups is 1. The number of benzene rings is 1. The first-order chi connectivity index (χ1) is 10.8. The summed E-state index contributed by atoms with van der Waals surface area (Å²) in [6.07, 6.45) is 1.50. The number of hydrogen-bond acceptors (Lipinski definition) is 6. The third-order valence-electron chi connectivity index (χ3n) is 2.71. The topological polar surface area (TPSA) is 88.2 Å². The van der Waals surface area contributed by atoms with Gasteiger partial charge in [-0.05, 0) is 34.1 Å².